The molecular formula is C12H21N3O2. The highest BCUT2D eigenvalue weighted by Crippen LogP contribution is 2.11. The monoisotopic (exact) mass is 239 g/mol. The lowest BCUT2D eigenvalue weighted by atomic mass is 10.2. The molecule has 1 unspecified atom stereocenters. The van der Waals surface area contributed by atoms with E-state index in [1.54, 1.807) is 17.1 Å². The van der Waals surface area contributed by atoms with Crippen LogP contribution in [0, 0.1) is 0 Å². The van der Waals surface area contributed by atoms with E-state index >= 15 is 0 Å². The highest BCUT2D eigenvalue weighted by atomic mass is 16.5. The average Bonchev–Trinajstić information content (AvgIpc) is 2.75. The highest BCUT2D eigenvalue weighted by molar-refractivity contribution is 5.77. The molecule has 1 amide bonds. The van der Waals surface area contributed by atoms with Crippen molar-refractivity contribution < 1.29 is 9.53 Å². The van der Waals surface area contributed by atoms with Crippen LogP contribution in [-0.2, 0) is 4.79 Å². The van der Waals surface area contributed by atoms with Gasteiger partial charge < -0.3 is 10.1 Å². The maximum atomic E-state index is 11.5. The molecule has 1 rings (SSSR count). The van der Waals surface area contributed by atoms with E-state index in [9.17, 15) is 4.79 Å². The second-order valence-corrected chi connectivity index (χ2v) is 4.42. The zero-order chi connectivity index (χ0) is 12.8. The molecule has 96 valence electrons. The second-order valence-electron chi connectivity index (χ2n) is 4.42. The number of aromatic nitrogens is 2. The molecule has 0 radical (unpaired) electrons. The highest BCUT2D eigenvalue weighted by Gasteiger charge is 2.07. The number of hydrogen-bond acceptors (Lipinski definition) is 3. The summed E-state index contributed by atoms with van der Waals surface area (Å²) in [5.41, 5.74) is 0. The van der Waals surface area contributed by atoms with Crippen LogP contribution >= 0.6 is 0 Å². The number of nitrogens with zero attached hydrogens (tertiary/aromatic N) is 2. The van der Waals surface area contributed by atoms with Crippen LogP contribution in [-0.4, -0.2) is 28.3 Å². The minimum atomic E-state index is -0.100. The average molecular weight is 239 g/mol. The van der Waals surface area contributed by atoms with E-state index in [1.807, 2.05) is 27.7 Å². The molecule has 0 aromatic carbocycles. The van der Waals surface area contributed by atoms with E-state index < -0.39 is 0 Å². The smallest absolute Gasteiger partial charge is 0.258 e. The lowest BCUT2D eigenvalue weighted by Crippen LogP contribution is -2.35. The van der Waals surface area contributed by atoms with Gasteiger partial charge in [0, 0.05) is 12.1 Å². The van der Waals surface area contributed by atoms with E-state index in [2.05, 4.69) is 10.4 Å². The predicted molar refractivity (Wildman–Crippen MR) is 66.0 cm³/mol. The van der Waals surface area contributed by atoms with Gasteiger partial charge in [0.25, 0.3) is 5.91 Å². The number of carbonyl (C=O) groups excluding carboxylic acids is 1. The minimum absolute atomic E-state index is 0.0358. The summed E-state index contributed by atoms with van der Waals surface area (Å²) in [6.07, 6.45) is 4.33. The molecule has 1 N–H and O–H groups in total. The predicted octanol–water partition coefficient (Wildman–Crippen LogP) is 1.76. The molecule has 0 aliphatic heterocycles. The van der Waals surface area contributed by atoms with E-state index in [4.69, 9.17) is 4.74 Å². The van der Waals surface area contributed by atoms with Gasteiger partial charge >= 0.3 is 0 Å². The Morgan fingerprint density at radius 1 is 1.53 bits per heavy atom. The summed E-state index contributed by atoms with van der Waals surface area (Å²) < 4.78 is 7.14. The molecule has 0 saturated carbocycles. The van der Waals surface area contributed by atoms with Crippen molar-refractivity contribution in [2.24, 2.45) is 0 Å². The summed E-state index contributed by atoms with van der Waals surface area (Å²) in [6.45, 7) is 8.10. The fourth-order valence-electron chi connectivity index (χ4n) is 1.24. The molecule has 5 nitrogen and oxygen atoms in total. The SMILES string of the molecule is CCC(C)NC(=O)COc1cnn(C(C)C)c1. The summed E-state index contributed by atoms with van der Waals surface area (Å²) in [5.74, 6) is 0.523. The standard InChI is InChI=1S/C12H21N3O2/c1-5-10(4)14-12(16)8-17-11-6-13-15(7-11)9(2)3/h6-7,9-10H,5,8H2,1-4H3,(H,14,16). The molecule has 0 aliphatic rings. The lowest BCUT2D eigenvalue weighted by Gasteiger charge is -2.11. The van der Waals surface area contributed by atoms with Gasteiger partial charge in [-0.05, 0) is 27.2 Å². The Balaban J connectivity index is 2.37. The van der Waals surface area contributed by atoms with Crippen molar-refractivity contribution in [2.75, 3.05) is 6.61 Å². The van der Waals surface area contributed by atoms with E-state index in [1.165, 1.54) is 0 Å². The number of hydrogen-bond donors (Lipinski definition) is 1. The van der Waals surface area contributed by atoms with Crippen molar-refractivity contribution in [1.29, 1.82) is 0 Å². The normalized spacial score (nSPS) is 12.5. The number of nitrogens with one attached hydrogen (secondary N) is 1. The molecule has 17 heavy (non-hydrogen) atoms. The fraction of sp³-hybridized carbons (Fsp3) is 0.667. The van der Waals surface area contributed by atoms with Gasteiger partial charge in [0.15, 0.2) is 12.4 Å². The van der Waals surface area contributed by atoms with Gasteiger partial charge in [0.1, 0.15) is 0 Å². The Bertz CT molecular complexity index is 360. The van der Waals surface area contributed by atoms with Crippen molar-refractivity contribution in [3.05, 3.63) is 12.4 Å². The van der Waals surface area contributed by atoms with E-state index in [0.29, 0.717) is 11.8 Å². The van der Waals surface area contributed by atoms with Crippen molar-refractivity contribution in [1.82, 2.24) is 15.1 Å². The van der Waals surface area contributed by atoms with Crippen LogP contribution in [0.3, 0.4) is 0 Å². The van der Waals surface area contributed by atoms with Crippen LogP contribution in [0.5, 0.6) is 5.75 Å². The molecule has 1 atom stereocenters. The van der Waals surface area contributed by atoms with Crippen LogP contribution in [0.4, 0.5) is 0 Å². The van der Waals surface area contributed by atoms with Gasteiger partial charge in [-0.3, -0.25) is 9.48 Å². The quantitative estimate of drug-likeness (QED) is 0.823. The molecule has 5 heteroatoms. The molecular weight excluding hydrogens is 218 g/mol. The number of ether oxygens (including phenoxy) is 1. The molecule has 0 bridgehead atoms. The molecule has 0 spiro atoms. The minimum Gasteiger partial charge on any atom is -0.480 e. The molecule has 0 saturated heterocycles. The zero-order valence-corrected chi connectivity index (χ0v) is 10.9. The third-order valence-corrected chi connectivity index (χ3v) is 2.50. The van der Waals surface area contributed by atoms with Gasteiger partial charge in [-0.1, -0.05) is 6.92 Å². The Hall–Kier alpha value is -1.52. The second kappa shape index (κ2) is 6.27. The van der Waals surface area contributed by atoms with Gasteiger partial charge in [0.2, 0.25) is 0 Å². The number of rotatable bonds is 6. The number of carbonyl (C=O) groups is 1. The molecule has 1 heterocycles. The maximum Gasteiger partial charge on any atom is 0.258 e. The first-order chi connectivity index (χ1) is 8.02. The Morgan fingerprint density at radius 3 is 2.76 bits per heavy atom. The van der Waals surface area contributed by atoms with Crippen LogP contribution in [0.1, 0.15) is 40.2 Å². The van der Waals surface area contributed by atoms with Gasteiger partial charge in [-0.2, -0.15) is 5.10 Å². The Kier molecular flexibility index (Phi) is 5.00. The van der Waals surface area contributed by atoms with Crippen LogP contribution in [0.2, 0.25) is 0 Å². The van der Waals surface area contributed by atoms with Gasteiger partial charge in [-0.15, -0.1) is 0 Å². The zero-order valence-electron chi connectivity index (χ0n) is 10.9. The third-order valence-electron chi connectivity index (χ3n) is 2.50. The van der Waals surface area contributed by atoms with E-state index in [0.717, 1.165) is 6.42 Å². The van der Waals surface area contributed by atoms with Crippen molar-refractivity contribution in [3.63, 3.8) is 0 Å². The largest absolute Gasteiger partial charge is 0.480 e. The first kappa shape index (κ1) is 13.5. The summed E-state index contributed by atoms with van der Waals surface area (Å²) in [7, 11) is 0. The number of amides is 1. The van der Waals surface area contributed by atoms with E-state index in [-0.39, 0.29) is 18.6 Å². The summed E-state index contributed by atoms with van der Waals surface area (Å²) in [5, 5.41) is 6.97. The van der Waals surface area contributed by atoms with Gasteiger partial charge in [0.05, 0.1) is 12.4 Å². The van der Waals surface area contributed by atoms with Crippen LogP contribution in [0.25, 0.3) is 0 Å². The molecule has 1 aromatic heterocycles. The van der Waals surface area contributed by atoms with Crippen LogP contribution in [0.15, 0.2) is 12.4 Å². The molecule has 0 aliphatic carbocycles. The summed E-state index contributed by atoms with van der Waals surface area (Å²) in [4.78, 5) is 11.5. The lowest BCUT2D eigenvalue weighted by molar-refractivity contribution is -0.123. The first-order valence-corrected chi connectivity index (χ1v) is 5.99. The maximum absolute atomic E-state index is 11.5. The van der Waals surface area contributed by atoms with Crippen LogP contribution < -0.4 is 10.1 Å². The molecule has 0 fully saturated rings. The van der Waals surface area contributed by atoms with Crippen molar-refractivity contribution >= 4 is 5.91 Å². The Labute approximate surface area is 102 Å². The summed E-state index contributed by atoms with van der Waals surface area (Å²) in [6, 6.07) is 0.478. The van der Waals surface area contributed by atoms with Gasteiger partial charge in [-0.25, -0.2) is 0 Å². The van der Waals surface area contributed by atoms with Crippen molar-refractivity contribution in [3.8, 4) is 5.75 Å². The Morgan fingerprint density at radius 2 is 2.24 bits per heavy atom. The van der Waals surface area contributed by atoms with Crippen molar-refractivity contribution in [2.45, 2.75) is 46.2 Å². The third kappa shape index (κ3) is 4.46. The fourth-order valence-corrected chi connectivity index (χ4v) is 1.24. The topological polar surface area (TPSA) is 56.1 Å². The summed E-state index contributed by atoms with van der Waals surface area (Å²) >= 11 is 0. The first-order valence-electron chi connectivity index (χ1n) is 5.99. The molecule has 1 aromatic rings.